The number of halogens is 6. The van der Waals surface area contributed by atoms with E-state index in [1.807, 2.05) is 0 Å². The summed E-state index contributed by atoms with van der Waals surface area (Å²) in [5, 5.41) is 2.39. The lowest BCUT2D eigenvalue weighted by atomic mass is 10.1. The van der Waals surface area contributed by atoms with E-state index >= 15 is 0 Å². The van der Waals surface area contributed by atoms with Gasteiger partial charge in [0.05, 0.1) is 27.4 Å². The van der Waals surface area contributed by atoms with Gasteiger partial charge >= 0.3 is 12.4 Å². The lowest BCUT2D eigenvalue weighted by Gasteiger charge is -2.23. The monoisotopic (exact) mass is 454 g/mol. The quantitative estimate of drug-likeness (QED) is 0.680. The van der Waals surface area contributed by atoms with Crippen molar-refractivity contribution in [2.75, 3.05) is 10.0 Å². The highest BCUT2D eigenvalue weighted by molar-refractivity contribution is 7.92. The highest BCUT2D eigenvalue weighted by atomic mass is 32.2. The molecule has 13 heteroatoms. The first-order valence-electron chi connectivity index (χ1n) is 8.11. The van der Waals surface area contributed by atoms with Crippen molar-refractivity contribution in [2.45, 2.75) is 30.3 Å². The summed E-state index contributed by atoms with van der Waals surface area (Å²) in [6, 6.07) is 3.58. The smallest absolute Gasteiger partial charge is 0.416 e. The van der Waals surface area contributed by atoms with Crippen LogP contribution in [0.4, 0.5) is 37.7 Å². The van der Waals surface area contributed by atoms with Crippen LogP contribution in [0.15, 0.2) is 41.3 Å². The number of ether oxygens (including phenoxy) is 1. The number of rotatable bonds is 3. The molecule has 1 aliphatic rings. The van der Waals surface area contributed by atoms with Crippen molar-refractivity contribution in [3.63, 3.8) is 0 Å². The SMILES string of the molecule is CC1Oc2ccc(S(=O)(=O)Nc3cc(C(F)(F)F)cc(C(F)(F)F)c3)cc2NC1=O. The Morgan fingerprint density at radius 3 is 2.07 bits per heavy atom. The molecule has 1 heterocycles. The van der Waals surface area contributed by atoms with Gasteiger partial charge in [-0.25, -0.2) is 8.42 Å². The molecule has 162 valence electrons. The molecule has 0 fully saturated rings. The first-order valence-corrected chi connectivity index (χ1v) is 9.59. The molecule has 0 radical (unpaired) electrons. The van der Waals surface area contributed by atoms with Crippen molar-refractivity contribution in [3.8, 4) is 5.75 Å². The predicted octanol–water partition coefficient (Wildman–Crippen LogP) is 4.24. The molecule has 0 saturated carbocycles. The maximum absolute atomic E-state index is 13.0. The molecule has 30 heavy (non-hydrogen) atoms. The van der Waals surface area contributed by atoms with E-state index < -0.39 is 56.1 Å². The lowest BCUT2D eigenvalue weighted by molar-refractivity contribution is -0.143. The summed E-state index contributed by atoms with van der Waals surface area (Å²) in [4.78, 5) is 11.1. The normalized spacial score (nSPS) is 17.0. The number of alkyl halides is 6. The van der Waals surface area contributed by atoms with Crippen molar-refractivity contribution in [3.05, 3.63) is 47.5 Å². The topological polar surface area (TPSA) is 84.5 Å². The van der Waals surface area contributed by atoms with Gasteiger partial charge in [0.1, 0.15) is 5.75 Å². The second-order valence-corrected chi connectivity index (χ2v) is 7.99. The average Bonchev–Trinajstić information content (AvgIpc) is 2.60. The van der Waals surface area contributed by atoms with E-state index in [9.17, 15) is 39.6 Å². The predicted molar refractivity (Wildman–Crippen MR) is 92.4 cm³/mol. The van der Waals surface area contributed by atoms with Gasteiger partial charge in [-0.3, -0.25) is 9.52 Å². The van der Waals surface area contributed by atoms with Crippen LogP contribution in [0, 0.1) is 0 Å². The van der Waals surface area contributed by atoms with Crippen LogP contribution in [0.1, 0.15) is 18.1 Å². The summed E-state index contributed by atoms with van der Waals surface area (Å²) < 4.78 is 110. The van der Waals surface area contributed by atoms with Gasteiger partial charge in [0.25, 0.3) is 15.9 Å². The molecule has 6 nitrogen and oxygen atoms in total. The number of carbonyl (C=O) groups is 1. The summed E-state index contributed by atoms with van der Waals surface area (Å²) in [6.07, 6.45) is -11.1. The highest BCUT2D eigenvalue weighted by Gasteiger charge is 2.37. The third-order valence-corrected chi connectivity index (χ3v) is 5.41. The Hall–Kier alpha value is -2.96. The molecule has 1 amide bonds. The van der Waals surface area contributed by atoms with Gasteiger partial charge in [-0.2, -0.15) is 26.3 Å². The maximum Gasteiger partial charge on any atom is 0.416 e. The molecule has 2 aromatic carbocycles. The van der Waals surface area contributed by atoms with Gasteiger partial charge in [0, 0.05) is 0 Å². The maximum atomic E-state index is 13.0. The number of anilines is 2. The van der Waals surface area contributed by atoms with Crippen LogP contribution in [0.5, 0.6) is 5.75 Å². The number of hydrogen-bond donors (Lipinski definition) is 2. The fourth-order valence-corrected chi connectivity index (χ4v) is 3.65. The fourth-order valence-electron chi connectivity index (χ4n) is 2.58. The summed E-state index contributed by atoms with van der Waals surface area (Å²) in [7, 11) is -4.59. The standard InChI is InChI=1S/C17H12F6N2O4S/c1-8-15(26)24-13-7-12(2-3-14(13)29-8)30(27,28)25-11-5-9(16(18,19)20)4-10(6-11)17(21,22)23/h2-8,25H,1H3,(H,24,26). The zero-order chi connectivity index (χ0) is 22.5. The molecule has 1 unspecified atom stereocenters. The Kier molecular flexibility index (Phi) is 5.13. The Bertz CT molecular complexity index is 1080. The largest absolute Gasteiger partial charge is 0.479 e. The molecule has 0 saturated heterocycles. The van der Waals surface area contributed by atoms with Crippen LogP contribution in [0.25, 0.3) is 0 Å². The molecule has 1 aliphatic heterocycles. The van der Waals surface area contributed by atoms with Crippen molar-refractivity contribution in [2.24, 2.45) is 0 Å². The lowest BCUT2D eigenvalue weighted by Crippen LogP contribution is -2.34. The minimum Gasteiger partial charge on any atom is -0.479 e. The second-order valence-electron chi connectivity index (χ2n) is 6.31. The van der Waals surface area contributed by atoms with E-state index in [1.54, 1.807) is 4.72 Å². The number of carbonyl (C=O) groups excluding carboxylic acids is 1. The van der Waals surface area contributed by atoms with Crippen LogP contribution >= 0.6 is 0 Å². The van der Waals surface area contributed by atoms with Gasteiger partial charge in [0.2, 0.25) is 0 Å². The number of benzene rings is 2. The third-order valence-electron chi connectivity index (χ3n) is 4.03. The van der Waals surface area contributed by atoms with Crippen LogP contribution in [0.2, 0.25) is 0 Å². The van der Waals surface area contributed by atoms with E-state index in [4.69, 9.17) is 4.74 Å². The number of hydrogen-bond acceptors (Lipinski definition) is 4. The fraction of sp³-hybridized carbons (Fsp3) is 0.235. The molecule has 3 rings (SSSR count). The molecule has 0 aromatic heterocycles. The van der Waals surface area contributed by atoms with E-state index in [1.165, 1.54) is 13.0 Å². The summed E-state index contributed by atoms with van der Waals surface area (Å²) in [6.45, 7) is 1.45. The number of sulfonamides is 1. The van der Waals surface area contributed by atoms with Crippen LogP contribution in [-0.2, 0) is 27.2 Å². The van der Waals surface area contributed by atoms with Crippen molar-refractivity contribution < 1.29 is 44.3 Å². The second kappa shape index (κ2) is 7.07. The zero-order valence-electron chi connectivity index (χ0n) is 14.9. The zero-order valence-corrected chi connectivity index (χ0v) is 15.7. The molecular formula is C17H12F6N2O4S. The van der Waals surface area contributed by atoms with Gasteiger partial charge in [0.15, 0.2) is 6.10 Å². The molecule has 0 aliphatic carbocycles. The Balaban J connectivity index is 2.00. The number of nitrogens with one attached hydrogen (secondary N) is 2. The third kappa shape index (κ3) is 4.45. The van der Waals surface area contributed by atoms with E-state index in [0.29, 0.717) is 0 Å². The summed E-state index contributed by atoms with van der Waals surface area (Å²) >= 11 is 0. The van der Waals surface area contributed by atoms with Gasteiger partial charge < -0.3 is 10.1 Å². The summed E-state index contributed by atoms with van der Waals surface area (Å²) in [5.74, 6) is -0.405. The molecule has 2 N–H and O–H groups in total. The van der Waals surface area contributed by atoms with E-state index in [-0.39, 0.29) is 29.6 Å². The molecule has 0 spiro atoms. The first kappa shape index (κ1) is 21.7. The van der Waals surface area contributed by atoms with Crippen LogP contribution < -0.4 is 14.8 Å². The van der Waals surface area contributed by atoms with Crippen LogP contribution in [-0.4, -0.2) is 20.4 Å². The minimum absolute atomic E-state index is 0.0130. The number of fused-ring (bicyclic) bond motifs is 1. The Labute approximate surface area is 165 Å². The van der Waals surface area contributed by atoms with Gasteiger partial charge in [-0.15, -0.1) is 0 Å². The molecular weight excluding hydrogens is 442 g/mol. The van der Waals surface area contributed by atoms with Crippen molar-refractivity contribution in [1.82, 2.24) is 0 Å². The van der Waals surface area contributed by atoms with Crippen molar-refractivity contribution >= 4 is 27.3 Å². The average molecular weight is 454 g/mol. The van der Waals surface area contributed by atoms with Crippen molar-refractivity contribution in [1.29, 1.82) is 0 Å². The molecule has 2 aromatic rings. The number of amides is 1. The Morgan fingerprint density at radius 1 is 0.967 bits per heavy atom. The Morgan fingerprint density at radius 2 is 1.53 bits per heavy atom. The van der Waals surface area contributed by atoms with Gasteiger partial charge in [-0.05, 0) is 43.3 Å². The molecule has 0 bridgehead atoms. The van der Waals surface area contributed by atoms with Crippen LogP contribution in [0.3, 0.4) is 0 Å². The first-order chi connectivity index (χ1) is 13.7. The van der Waals surface area contributed by atoms with Gasteiger partial charge in [-0.1, -0.05) is 0 Å². The summed E-state index contributed by atoms with van der Waals surface area (Å²) in [5.41, 5.74) is -4.28. The van der Waals surface area contributed by atoms with E-state index in [2.05, 4.69) is 5.32 Å². The molecule has 1 atom stereocenters. The van der Waals surface area contributed by atoms with E-state index in [0.717, 1.165) is 12.1 Å². The minimum atomic E-state index is -5.13. The highest BCUT2D eigenvalue weighted by Crippen LogP contribution is 2.38.